The Morgan fingerprint density at radius 3 is 2.94 bits per heavy atom. The Kier molecular flexibility index (Phi) is 2.60. The summed E-state index contributed by atoms with van der Waals surface area (Å²) in [5, 5.41) is 16.2. The van der Waals surface area contributed by atoms with Crippen molar-refractivity contribution < 1.29 is 9.90 Å². The molecule has 5 nitrogen and oxygen atoms in total. The number of nitrogens with zero attached hydrogens (tertiary/aromatic N) is 1. The Balaban J connectivity index is 2.02. The molecule has 5 heteroatoms. The maximum Gasteiger partial charge on any atom is 0.243 e. The standard InChI is InChI=1S/C13H13N3O2/c17-9-2-4-10-8(7-9)1-3-11(16-10)12-13(18)15-6-5-14-12/h1-4,7,12,14,17H,5-6H2,(H,15,18). The molecule has 0 radical (unpaired) electrons. The summed E-state index contributed by atoms with van der Waals surface area (Å²) >= 11 is 0. The van der Waals surface area contributed by atoms with Crippen molar-refractivity contribution in [2.75, 3.05) is 13.1 Å². The third-order valence-electron chi connectivity index (χ3n) is 3.02. The van der Waals surface area contributed by atoms with E-state index in [2.05, 4.69) is 15.6 Å². The van der Waals surface area contributed by atoms with Gasteiger partial charge in [0.2, 0.25) is 5.91 Å². The summed E-state index contributed by atoms with van der Waals surface area (Å²) in [7, 11) is 0. The summed E-state index contributed by atoms with van der Waals surface area (Å²) in [5.74, 6) is 0.164. The highest BCUT2D eigenvalue weighted by molar-refractivity contribution is 5.85. The van der Waals surface area contributed by atoms with E-state index in [-0.39, 0.29) is 11.7 Å². The lowest BCUT2D eigenvalue weighted by molar-refractivity contribution is -0.124. The van der Waals surface area contributed by atoms with Gasteiger partial charge in [-0.1, -0.05) is 6.07 Å². The topological polar surface area (TPSA) is 74.2 Å². The SMILES string of the molecule is O=C1NCCNC1c1ccc2cc(O)ccc2n1. The van der Waals surface area contributed by atoms with Gasteiger partial charge >= 0.3 is 0 Å². The minimum Gasteiger partial charge on any atom is -0.508 e. The van der Waals surface area contributed by atoms with Crippen LogP contribution in [0.4, 0.5) is 0 Å². The number of amides is 1. The number of phenolic OH excluding ortho intramolecular Hbond substituents is 1. The molecule has 1 amide bonds. The number of hydrogen-bond acceptors (Lipinski definition) is 4. The van der Waals surface area contributed by atoms with Crippen LogP contribution in [0.2, 0.25) is 0 Å². The van der Waals surface area contributed by atoms with Gasteiger partial charge in [0.25, 0.3) is 0 Å². The normalized spacial score (nSPS) is 19.8. The number of carbonyl (C=O) groups is 1. The molecule has 18 heavy (non-hydrogen) atoms. The smallest absolute Gasteiger partial charge is 0.243 e. The number of hydrogen-bond donors (Lipinski definition) is 3. The van der Waals surface area contributed by atoms with Gasteiger partial charge < -0.3 is 10.4 Å². The molecule has 1 atom stereocenters. The molecule has 1 aromatic carbocycles. The minimum absolute atomic E-state index is 0.0492. The molecule has 1 aromatic heterocycles. The summed E-state index contributed by atoms with van der Waals surface area (Å²) in [4.78, 5) is 16.2. The highest BCUT2D eigenvalue weighted by atomic mass is 16.3. The molecular formula is C13H13N3O2. The summed E-state index contributed by atoms with van der Waals surface area (Å²) in [6.45, 7) is 1.39. The molecular weight excluding hydrogens is 230 g/mol. The zero-order chi connectivity index (χ0) is 12.5. The minimum atomic E-state index is -0.392. The number of carbonyl (C=O) groups excluding carboxylic acids is 1. The fourth-order valence-electron chi connectivity index (χ4n) is 2.13. The third-order valence-corrected chi connectivity index (χ3v) is 3.02. The Labute approximate surface area is 104 Å². The van der Waals surface area contributed by atoms with Crippen molar-refractivity contribution in [2.24, 2.45) is 0 Å². The number of fused-ring (bicyclic) bond motifs is 1. The third kappa shape index (κ3) is 1.89. The molecule has 2 aromatic rings. The quantitative estimate of drug-likeness (QED) is 0.689. The van der Waals surface area contributed by atoms with Crippen molar-refractivity contribution in [3.8, 4) is 5.75 Å². The fraction of sp³-hybridized carbons (Fsp3) is 0.231. The van der Waals surface area contributed by atoms with Gasteiger partial charge in [-0.15, -0.1) is 0 Å². The number of nitrogens with one attached hydrogen (secondary N) is 2. The molecule has 0 spiro atoms. The largest absolute Gasteiger partial charge is 0.508 e. The van der Waals surface area contributed by atoms with Crippen molar-refractivity contribution in [3.05, 3.63) is 36.0 Å². The molecule has 1 fully saturated rings. The first-order valence-electron chi connectivity index (χ1n) is 5.85. The molecule has 0 aliphatic carbocycles. The number of pyridine rings is 1. The zero-order valence-electron chi connectivity index (χ0n) is 9.68. The van der Waals surface area contributed by atoms with Crippen LogP contribution < -0.4 is 10.6 Å². The number of rotatable bonds is 1. The number of aromatic nitrogens is 1. The van der Waals surface area contributed by atoms with E-state index >= 15 is 0 Å². The van der Waals surface area contributed by atoms with E-state index in [0.29, 0.717) is 12.2 Å². The van der Waals surface area contributed by atoms with Crippen LogP contribution in [0.1, 0.15) is 11.7 Å². The zero-order valence-corrected chi connectivity index (χ0v) is 9.68. The summed E-state index contributed by atoms with van der Waals surface area (Å²) in [5.41, 5.74) is 1.47. The molecule has 1 unspecified atom stereocenters. The first-order valence-corrected chi connectivity index (χ1v) is 5.85. The van der Waals surface area contributed by atoms with Gasteiger partial charge in [-0.2, -0.15) is 0 Å². The Morgan fingerprint density at radius 1 is 1.22 bits per heavy atom. The monoisotopic (exact) mass is 243 g/mol. The molecule has 1 aliphatic heterocycles. The van der Waals surface area contributed by atoms with Crippen LogP contribution in [0.3, 0.4) is 0 Å². The summed E-state index contributed by atoms with van der Waals surface area (Å²) in [6.07, 6.45) is 0. The van der Waals surface area contributed by atoms with Crippen LogP contribution in [0, 0.1) is 0 Å². The van der Waals surface area contributed by atoms with Crippen LogP contribution in [0.5, 0.6) is 5.75 Å². The van der Waals surface area contributed by atoms with E-state index < -0.39 is 6.04 Å². The van der Waals surface area contributed by atoms with Gasteiger partial charge in [0.15, 0.2) is 0 Å². The molecule has 0 bridgehead atoms. The van der Waals surface area contributed by atoms with E-state index in [4.69, 9.17) is 0 Å². The first kappa shape index (κ1) is 11.0. The van der Waals surface area contributed by atoms with Crippen LogP contribution in [-0.4, -0.2) is 29.1 Å². The van der Waals surface area contributed by atoms with Crippen LogP contribution in [-0.2, 0) is 4.79 Å². The average Bonchev–Trinajstić information content (AvgIpc) is 2.39. The molecule has 1 saturated heterocycles. The predicted octanol–water partition coefficient (Wildman–Crippen LogP) is 0.701. The Hall–Kier alpha value is -2.14. The Morgan fingerprint density at radius 2 is 2.11 bits per heavy atom. The lowest BCUT2D eigenvalue weighted by Gasteiger charge is -2.23. The average molecular weight is 243 g/mol. The number of aromatic hydroxyl groups is 1. The van der Waals surface area contributed by atoms with Gasteiger partial charge in [0.1, 0.15) is 11.8 Å². The maximum absolute atomic E-state index is 11.7. The van der Waals surface area contributed by atoms with Gasteiger partial charge in [-0.05, 0) is 24.3 Å². The van der Waals surface area contributed by atoms with Crippen LogP contribution in [0.25, 0.3) is 10.9 Å². The molecule has 0 saturated carbocycles. The Bertz CT molecular complexity index is 612. The first-order chi connectivity index (χ1) is 8.74. The van der Waals surface area contributed by atoms with Crippen molar-refractivity contribution >= 4 is 16.8 Å². The van der Waals surface area contributed by atoms with Crippen molar-refractivity contribution in [2.45, 2.75) is 6.04 Å². The van der Waals surface area contributed by atoms with Crippen LogP contribution in [0.15, 0.2) is 30.3 Å². The second kappa shape index (κ2) is 4.27. The van der Waals surface area contributed by atoms with E-state index in [1.165, 1.54) is 0 Å². The van der Waals surface area contributed by atoms with E-state index in [9.17, 15) is 9.90 Å². The molecule has 92 valence electrons. The van der Waals surface area contributed by atoms with Gasteiger partial charge in [-0.3, -0.25) is 15.1 Å². The van der Waals surface area contributed by atoms with E-state index in [0.717, 1.165) is 17.4 Å². The van der Waals surface area contributed by atoms with Crippen LogP contribution >= 0.6 is 0 Å². The molecule has 3 N–H and O–H groups in total. The number of piperazine rings is 1. The number of phenols is 1. The highest BCUT2D eigenvalue weighted by Crippen LogP contribution is 2.21. The van der Waals surface area contributed by atoms with E-state index in [1.807, 2.05) is 12.1 Å². The molecule has 3 rings (SSSR count). The lowest BCUT2D eigenvalue weighted by Crippen LogP contribution is -2.47. The molecule has 1 aliphatic rings. The van der Waals surface area contributed by atoms with Gasteiger partial charge in [0, 0.05) is 18.5 Å². The lowest BCUT2D eigenvalue weighted by atomic mass is 10.1. The summed E-state index contributed by atoms with van der Waals surface area (Å²) in [6, 6.07) is 8.27. The summed E-state index contributed by atoms with van der Waals surface area (Å²) < 4.78 is 0. The van der Waals surface area contributed by atoms with Crippen molar-refractivity contribution in [1.82, 2.24) is 15.6 Å². The molecule has 2 heterocycles. The fourth-order valence-corrected chi connectivity index (χ4v) is 2.13. The van der Waals surface area contributed by atoms with Gasteiger partial charge in [0.05, 0.1) is 11.2 Å². The second-order valence-electron chi connectivity index (χ2n) is 4.29. The van der Waals surface area contributed by atoms with Crippen molar-refractivity contribution in [1.29, 1.82) is 0 Å². The van der Waals surface area contributed by atoms with E-state index in [1.54, 1.807) is 18.2 Å². The van der Waals surface area contributed by atoms with Crippen molar-refractivity contribution in [3.63, 3.8) is 0 Å². The van der Waals surface area contributed by atoms with Gasteiger partial charge in [-0.25, -0.2) is 0 Å². The maximum atomic E-state index is 11.7. The number of benzene rings is 1. The second-order valence-corrected chi connectivity index (χ2v) is 4.29. The highest BCUT2D eigenvalue weighted by Gasteiger charge is 2.24. The predicted molar refractivity (Wildman–Crippen MR) is 67.2 cm³/mol.